The van der Waals surface area contributed by atoms with Crippen molar-refractivity contribution >= 4 is 74.0 Å². The lowest BCUT2D eigenvalue weighted by atomic mass is 9.84. The Morgan fingerprint density at radius 1 is 0.419 bits per heavy atom. The normalized spacial score (nSPS) is 28.5. The number of hydrogen-bond acceptors (Lipinski definition) is 25. The van der Waals surface area contributed by atoms with E-state index in [-0.39, 0.29) is 38.4 Å². The highest BCUT2D eigenvalue weighted by Crippen LogP contribution is 2.38. The summed E-state index contributed by atoms with van der Waals surface area (Å²) >= 11 is 0. The molecule has 25 N–H and O–H groups in total. The molecule has 1 amide bonds. The van der Waals surface area contributed by atoms with Crippen molar-refractivity contribution < 1.29 is 202 Å². The topological polar surface area (TPSA) is 586 Å². The van der Waals surface area contributed by atoms with Gasteiger partial charge in [0.25, 0.3) is 0 Å². The minimum absolute atomic E-state index is 0.0672. The number of amides is 1. The van der Waals surface area contributed by atoms with Crippen molar-refractivity contribution in [2.45, 2.75) is 179 Å². The van der Waals surface area contributed by atoms with E-state index in [0.29, 0.717) is 12.8 Å². The molecule has 0 bridgehead atoms. The summed E-state index contributed by atoms with van der Waals surface area (Å²) in [6.07, 6.45) is -49.4. The second-order valence-electron chi connectivity index (χ2n) is 22.1. The maximum Gasteiger partial charge on any atom is 0.490 e. The van der Waals surface area contributed by atoms with E-state index in [9.17, 15) is 114 Å². The average molecular weight is 1570 g/mol. The number of halogens is 18. The van der Waals surface area contributed by atoms with E-state index in [1.54, 1.807) is 0 Å². The van der Waals surface area contributed by atoms with Crippen LogP contribution < -0.4 is 39.7 Å². The first-order chi connectivity index (χ1) is 47.9. The number of aryl methyl sites for hydroxylation is 1. The van der Waals surface area contributed by atoms with Crippen LogP contribution in [0.4, 0.5) is 79.0 Å². The number of carboxylic acid groups (broad SMARTS) is 6. The lowest BCUT2D eigenvalue weighted by molar-refractivity contribution is -0.306. The van der Waals surface area contributed by atoms with Gasteiger partial charge in [0.05, 0.1) is 18.2 Å². The van der Waals surface area contributed by atoms with Crippen molar-refractivity contribution in [3.63, 3.8) is 0 Å². The van der Waals surface area contributed by atoms with E-state index in [2.05, 4.69) is 53.8 Å². The largest absolute Gasteiger partial charge is 0.490 e. The number of aliphatic hydroxyl groups excluding tert-OH is 6. The number of benzene rings is 4. The summed E-state index contributed by atoms with van der Waals surface area (Å²) in [4.78, 5) is 66.8. The second-order valence-corrected chi connectivity index (χ2v) is 22.1. The Morgan fingerprint density at radius 2 is 0.752 bits per heavy atom. The molecule has 105 heavy (non-hydrogen) atoms. The molecule has 4 fully saturated rings. The van der Waals surface area contributed by atoms with Gasteiger partial charge in [0.15, 0.2) is 18.9 Å². The molecule has 0 spiro atoms. The monoisotopic (exact) mass is 1570 g/mol. The number of rotatable bonds is 14. The van der Waals surface area contributed by atoms with E-state index in [4.69, 9.17) is 122 Å². The van der Waals surface area contributed by atoms with E-state index in [0.717, 1.165) is 16.3 Å². The summed E-state index contributed by atoms with van der Waals surface area (Å²) in [5, 5.41) is 118. The molecule has 598 valence electrons. The van der Waals surface area contributed by atoms with Crippen LogP contribution in [-0.2, 0) is 68.4 Å². The summed E-state index contributed by atoms with van der Waals surface area (Å²) in [7, 11) is 0. The third kappa shape index (κ3) is 27.5. The van der Waals surface area contributed by atoms with Crippen LogP contribution in [0.3, 0.4) is 0 Å². The number of carboxylic acids is 6. The molecule has 1 aliphatic carbocycles. The third-order valence-electron chi connectivity index (χ3n) is 14.6. The highest BCUT2D eigenvalue weighted by molar-refractivity contribution is 6.23. The van der Waals surface area contributed by atoms with Gasteiger partial charge in [-0.15, -0.1) is 0 Å². The summed E-state index contributed by atoms with van der Waals surface area (Å²) in [6, 6.07) is 14.6. The predicted octanol–water partition coefficient (Wildman–Crippen LogP) is -0.0513. The number of carbonyl (C=O) groups excluding carboxylic acids is 1. The molecule has 4 aromatic carbocycles. The van der Waals surface area contributed by atoms with Gasteiger partial charge >= 0.3 is 72.9 Å². The van der Waals surface area contributed by atoms with E-state index < -0.39 is 189 Å². The van der Waals surface area contributed by atoms with Crippen LogP contribution in [0.25, 0.3) is 32.3 Å². The Kier molecular flexibility index (Phi) is 34.4. The lowest BCUT2D eigenvalue weighted by Crippen LogP contribution is -2.68. The number of alkyl halides is 18. The molecule has 4 aromatic rings. The highest BCUT2D eigenvalue weighted by atomic mass is 19.4. The zero-order chi connectivity index (χ0) is 81.3. The number of aliphatic carboxylic acids is 6. The molecule has 3 saturated heterocycles. The van der Waals surface area contributed by atoms with Crippen LogP contribution in [0.2, 0.25) is 0 Å². The van der Waals surface area contributed by atoms with Crippen LogP contribution in [0.1, 0.15) is 24.8 Å². The van der Waals surface area contributed by atoms with Crippen LogP contribution in [0, 0.1) is 0 Å². The molecule has 0 unspecified atom stereocenters. The van der Waals surface area contributed by atoms with Gasteiger partial charge in [-0.25, -0.2) is 28.8 Å². The van der Waals surface area contributed by atoms with Gasteiger partial charge < -0.3 is 129 Å². The Morgan fingerprint density at radius 3 is 1.12 bits per heavy atom. The Balaban J connectivity index is 0.000000719. The van der Waals surface area contributed by atoms with Crippen LogP contribution in [0.5, 0.6) is 0 Å². The van der Waals surface area contributed by atoms with Gasteiger partial charge in [-0.05, 0) is 57.1 Å². The van der Waals surface area contributed by atoms with Crippen molar-refractivity contribution in [2.75, 3.05) is 19.6 Å². The Bertz CT molecular complexity index is 3280. The number of aliphatic hydroxyl groups is 6. The molecule has 50 heteroatoms. The van der Waals surface area contributed by atoms with Crippen LogP contribution in [0.15, 0.2) is 54.6 Å². The molecule has 3 heterocycles. The minimum Gasteiger partial charge on any atom is -0.475 e. The molecule has 8 rings (SSSR count). The number of nitrogens with one attached hydrogen (secondary N) is 1. The Hall–Kier alpha value is -7.77. The summed E-state index contributed by atoms with van der Waals surface area (Å²) in [6.45, 7) is -0.551. The SMILES string of the molecule is NC[C@@H]1O[C@H](O[C@H]2[C@@H](O)[C@H](O[C@@H]3[C@@H](O)[C@H](N)C[C@H](N)[C@H]3O[C@H]3O[C@H](CN)[C@@H](O)[C@H](O)[C@H]3N)O[C@@H]2CNC(=O)CCCc2ccc3ccc4cccc5ccc2c3c45)[C@H](N)[C@@H](O)[C@@H]1O.O=C(O)C(F)(F)F.O=C(O)C(F)(F)F.O=C(O)C(F)(F)F.O=C(O)C(F)(F)F.O=C(O)C(F)(F)F.O=C(O)C(F)(F)F. The molecular weight excluding hydrogens is 1500 g/mol. The molecule has 1 saturated carbocycles. The van der Waals surface area contributed by atoms with Gasteiger partial charge in [-0.3, -0.25) is 4.79 Å². The van der Waals surface area contributed by atoms with Gasteiger partial charge in [0.1, 0.15) is 67.1 Å². The number of hydrogen-bond donors (Lipinski definition) is 19. The molecule has 19 atom stereocenters. The summed E-state index contributed by atoms with van der Waals surface area (Å²) < 4.78 is 227. The van der Waals surface area contributed by atoms with Crippen molar-refractivity contribution in [1.29, 1.82) is 0 Å². The first-order valence-electron chi connectivity index (χ1n) is 29.0. The van der Waals surface area contributed by atoms with E-state index in [1.165, 1.54) is 21.5 Å². The van der Waals surface area contributed by atoms with Gasteiger partial charge in [0.2, 0.25) is 5.91 Å². The predicted molar refractivity (Wildman–Crippen MR) is 310 cm³/mol. The lowest BCUT2D eigenvalue weighted by Gasteiger charge is -2.47. The quantitative estimate of drug-likeness (QED) is 0.0581. The molecule has 0 radical (unpaired) electrons. The molecular formula is C55H67F18N7O25. The number of carbonyl (C=O) groups is 7. The first kappa shape index (κ1) is 93.3. The summed E-state index contributed by atoms with van der Waals surface area (Å²) in [5.74, 6) is -16.8. The van der Waals surface area contributed by atoms with E-state index >= 15 is 0 Å². The molecule has 32 nitrogen and oxygen atoms in total. The van der Waals surface area contributed by atoms with Crippen molar-refractivity contribution in [2.24, 2.45) is 34.4 Å². The standard InChI is InChI=1S/C43H61N7O13.6C2HF3O2/c44-14-24-33(53)35(55)30(48)41(58-24)61-38-23(47)13-22(46)32(52)40(38)63-43-37(57)39(62-42-31(49)36(56)34(54)25(15-45)59-42)26(60-43)16-50-27(51)6-2-3-17-7-8-20-10-9-18-4-1-5-19-11-12-21(17)29(20)28(18)19;6*3-2(4,5)1(6)7/h1,4-5,7-12,22-26,30-43,52-57H,2-3,6,13-16,44-49H2,(H,50,51);6*(H,6,7)/t22-,23+,24-,25+,26-,30-,31-,32+,33-,34-,35-,36-,37-,38-,39-,40-,41-,42-,43+;;;;;;/m1....../s1. The maximum atomic E-state index is 13.4. The Labute approximate surface area is 574 Å². The van der Waals surface area contributed by atoms with Crippen molar-refractivity contribution in [1.82, 2.24) is 5.32 Å². The van der Waals surface area contributed by atoms with Crippen molar-refractivity contribution in [3.8, 4) is 0 Å². The van der Waals surface area contributed by atoms with Gasteiger partial charge in [-0.2, -0.15) is 79.0 Å². The highest BCUT2D eigenvalue weighted by Gasteiger charge is 2.55. The van der Waals surface area contributed by atoms with Gasteiger partial charge in [-0.1, -0.05) is 54.6 Å². The molecule has 3 aliphatic heterocycles. The number of ether oxygens (including phenoxy) is 6. The third-order valence-corrected chi connectivity index (χ3v) is 14.6. The average Bonchev–Trinajstić information content (AvgIpc) is 1.11. The minimum atomic E-state index is -5.08. The maximum absolute atomic E-state index is 13.4. The van der Waals surface area contributed by atoms with E-state index in [1.807, 2.05) is 6.07 Å². The number of nitrogens with two attached hydrogens (primary N) is 6. The van der Waals surface area contributed by atoms with Gasteiger partial charge in [0, 0.05) is 38.1 Å². The zero-order valence-corrected chi connectivity index (χ0v) is 52.6. The fourth-order valence-electron chi connectivity index (χ4n) is 9.52. The van der Waals surface area contributed by atoms with Crippen LogP contribution >= 0.6 is 0 Å². The molecule has 4 aliphatic rings. The summed E-state index contributed by atoms with van der Waals surface area (Å²) in [5.41, 5.74) is 37.8. The van der Waals surface area contributed by atoms with Crippen LogP contribution in [-0.4, -0.2) is 276 Å². The molecule has 0 aromatic heterocycles. The fraction of sp³-hybridized carbons (Fsp3) is 0.582. The fourth-order valence-corrected chi connectivity index (χ4v) is 9.52. The second kappa shape index (κ2) is 38.7. The van der Waals surface area contributed by atoms with Crippen molar-refractivity contribution in [3.05, 3.63) is 60.2 Å². The smallest absolute Gasteiger partial charge is 0.475 e. The zero-order valence-electron chi connectivity index (χ0n) is 52.6. The first-order valence-corrected chi connectivity index (χ1v) is 29.0.